The Balaban J connectivity index is 4.15. The number of hydrogen-bond donors (Lipinski definition) is 2. The highest BCUT2D eigenvalue weighted by atomic mass is 28.4. The van der Waals surface area contributed by atoms with Crippen molar-refractivity contribution in [2.75, 3.05) is 0 Å². The van der Waals surface area contributed by atoms with E-state index < -0.39 is 20.5 Å². The Morgan fingerprint density at radius 3 is 1.70 bits per heavy atom. The molecule has 0 aliphatic rings. The zero-order valence-corrected chi connectivity index (χ0v) is 22.4. The molecule has 0 amide bonds. The monoisotopic (exact) mass is 442 g/mol. The molecule has 0 aromatic carbocycles. The van der Waals surface area contributed by atoms with E-state index in [1.165, 1.54) is 57.8 Å². The van der Waals surface area contributed by atoms with Gasteiger partial charge in [0.05, 0.1) is 18.3 Å². The van der Waals surface area contributed by atoms with Gasteiger partial charge in [0.25, 0.3) is 0 Å². The van der Waals surface area contributed by atoms with Gasteiger partial charge in [-0.15, -0.1) is 6.58 Å². The fourth-order valence-corrected chi connectivity index (χ4v) is 5.18. The summed E-state index contributed by atoms with van der Waals surface area (Å²) in [5.74, 6) is -0.340. The molecule has 0 saturated heterocycles. The molecule has 180 valence electrons. The highest BCUT2D eigenvalue weighted by molar-refractivity contribution is 6.74. The maximum atomic E-state index is 10.8. The summed E-state index contributed by atoms with van der Waals surface area (Å²) in [7, 11) is -1.96. The third-order valence-electron chi connectivity index (χ3n) is 6.98. The Bertz CT molecular complexity index is 430. The molecule has 0 fully saturated rings. The van der Waals surface area contributed by atoms with Crippen LogP contribution in [0.2, 0.25) is 18.1 Å². The second kappa shape index (κ2) is 15.6. The first-order chi connectivity index (χ1) is 14.0. The van der Waals surface area contributed by atoms with E-state index in [9.17, 15) is 10.2 Å². The predicted molar refractivity (Wildman–Crippen MR) is 135 cm³/mol. The summed E-state index contributed by atoms with van der Waals surface area (Å²) in [6.45, 7) is 19.0. The molecule has 0 aliphatic carbocycles. The molecule has 4 heteroatoms. The molecule has 0 aromatic heterocycles. The van der Waals surface area contributed by atoms with Gasteiger partial charge in [-0.2, -0.15) is 0 Å². The van der Waals surface area contributed by atoms with Crippen LogP contribution in [0.5, 0.6) is 0 Å². The molecule has 0 bridgehead atoms. The highest BCUT2D eigenvalue weighted by Crippen LogP contribution is 2.38. The summed E-state index contributed by atoms with van der Waals surface area (Å²) in [5.41, 5.74) is 0. The third kappa shape index (κ3) is 12.0. The molecule has 0 aromatic rings. The van der Waals surface area contributed by atoms with Crippen LogP contribution in [0.3, 0.4) is 0 Å². The van der Waals surface area contributed by atoms with Crippen LogP contribution in [0.4, 0.5) is 0 Å². The molecule has 0 aliphatic heterocycles. The highest BCUT2D eigenvalue weighted by Gasteiger charge is 2.40. The van der Waals surface area contributed by atoms with Crippen molar-refractivity contribution >= 4 is 8.32 Å². The van der Waals surface area contributed by atoms with Gasteiger partial charge in [-0.3, -0.25) is 0 Å². The van der Waals surface area contributed by atoms with Gasteiger partial charge >= 0.3 is 0 Å². The van der Waals surface area contributed by atoms with Gasteiger partial charge in [0, 0.05) is 5.92 Å². The molecule has 4 atom stereocenters. The van der Waals surface area contributed by atoms with Gasteiger partial charge < -0.3 is 14.6 Å². The van der Waals surface area contributed by atoms with Crippen LogP contribution in [0.25, 0.3) is 0 Å². The smallest absolute Gasteiger partial charge is 0.192 e. The minimum atomic E-state index is -1.96. The molecule has 0 radical (unpaired) electrons. The van der Waals surface area contributed by atoms with Crippen LogP contribution < -0.4 is 0 Å². The molecule has 30 heavy (non-hydrogen) atoms. The van der Waals surface area contributed by atoms with Crippen molar-refractivity contribution < 1.29 is 14.6 Å². The zero-order chi connectivity index (χ0) is 23.2. The van der Waals surface area contributed by atoms with Crippen molar-refractivity contribution in [1.82, 2.24) is 0 Å². The minimum Gasteiger partial charge on any atom is -0.412 e. The van der Waals surface area contributed by atoms with E-state index in [0.717, 1.165) is 19.3 Å². The van der Waals surface area contributed by atoms with Crippen LogP contribution >= 0.6 is 0 Å². The third-order valence-corrected chi connectivity index (χ3v) is 11.6. The van der Waals surface area contributed by atoms with Crippen molar-refractivity contribution in [3.8, 4) is 0 Å². The summed E-state index contributed by atoms with van der Waals surface area (Å²) >= 11 is 0. The predicted octanol–water partition coefficient (Wildman–Crippen LogP) is 7.62. The second-order valence-corrected chi connectivity index (χ2v) is 15.5. The molecule has 0 unspecified atom stereocenters. The van der Waals surface area contributed by atoms with Crippen molar-refractivity contribution in [2.45, 2.75) is 148 Å². The topological polar surface area (TPSA) is 49.7 Å². The molecule has 0 heterocycles. The number of aliphatic hydroxyl groups excluding tert-OH is 2. The van der Waals surface area contributed by atoms with Crippen LogP contribution in [0, 0.1) is 5.92 Å². The summed E-state index contributed by atoms with van der Waals surface area (Å²) in [4.78, 5) is 0. The quantitative estimate of drug-likeness (QED) is 0.130. The first-order valence-electron chi connectivity index (χ1n) is 12.6. The van der Waals surface area contributed by atoms with E-state index in [2.05, 4.69) is 47.4 Å². The van der Waals surface area contributed by atoms with Crippen LogP contribution in [0.15, 0.2) is 12.7 Å². The lowest BCUT2D eigenvalue weighted by molar-refractivity contribution is -0.0307. The van der Waals surface area contributed by atoms with Crippen LogP contribution in [0.1, 0.15) is 112 Å². The van der Waals surface area contributed by atoms with E-state index in [4.69, 9.17) is 4.43 Å². The molecule has 0 spiro atoms. The Morgan fingerprint density at radius 2 is 1.30 bits per heavy atom. The number of aliphatic hydroxyl groups is 2. The molecule has 2 N–H and O–H groups in total. The van der Waals surface area contributed by atoms with E-state index in [1.54, 1.807) is 6.08 Å². The summed E-state index contributed by atoms with van der Waals surface area (Å²) in [5, 5.41) is 21.6. The van der Waals surface area contributed by atoms with Gasteiger partial charge in [0.15, 0.2) is 8.32 Å². The zero-order valence-electron chi connectivity index (χ0n) is 21.4. The number of rotatable bonds is 18. The summed E-state index contributed by atoms with van der Waals surface area (Å²) in [6.07, 6.45) is 15.1. The molecular weight excluding hydrogens is 388 g/mol. The SMILES string of the molecule is C=C[C@@H]([C@H](O)[C@H](C)O[Si](C)(C)C(C)(C)C)[C@@H](O)CCCCCCCCCCCCC. The maximum Gasteiger partial charge on any atom is 0.192 e. The van der Waals surface area contributed by atoms with Crippen LogP contribution in [-0.2, 0) is 4.43 Å². The fraction of sp³-hybridized carbons (Fsp3) is 0.923. The second-order valence-electron chi connectivity index (χ2n) is 10.8. The van der Waals surface area contributed by atoms with E-state index >= 15 is 0 Å². The average Bonchev–Trinajstić information content (AvgIpc) is 2.65. The molecule has 3 nitrogen and oxygen atoms in total. The van der Waals surface area contributed by atoms with Crippen molar-refractivity contribution in [3.05, 3.63) is 12.7 Å². The molecule has 0 saturated carbocycles. The van der Waals surface area contributed by atoms with E-state index in [0.29, 0.717) is 0 Å². The molecular formula is C26H54O3Si. The largest absolute Gasteiger partial charge is 0.412 e. The Morgan fingerprint density at radius 1 is 0.867 bits per heavy atom. The lowest BCUT2D eigenvalue weighted by Crippen LogP contribution is -2.48. The normalized spacial score (nSPS) is 16.8. The van der Waals surface area contributed by atoms with Gasteiger partial charge in [0.1, 0.15) is 0 Å². The number of unbranched alkanes of at least 4 members (excludes halogenated alkanes) is 10. The lowest BCUT2D eigenvalue weighted by Gasteiger charge is -2.41. The van der Waals surface area contributed by atoms with Gasteiger partial charge in [-0.25, -0.2) is 0 Å². The maximum absolute atomic E-state index is 10.8. The summed E-state index contributed by atoms with van der Waals surface area (Å²) < 4.78 is 6.34. The van der Waals surface area contributed by atoms with Gasteiger partial charge in [0.2, 0.25) is 0 Å². The number of hydrogen-bond acceptors (Lipinski definition) is 3. The first-order valence-corrected chi connectivity index (χ1v) is 15.5. The van der Waals surface area contributed by atoms with Crippen molar-refractivity contribution in [1.29, 1.82) is 0 Å². The van der Waals surface area contributed by atoms with Gasteiger partial charge in [-0.1, -0.05) is 104 Å². The standard InChI is InChI=1S/C26H54O3Si/c1-9-11-12-13-14-15-16-17-18-19-20-21-24(27)23(10-2)25(28)22(3)29-30(7,8)26(4,5)6/h10,22-25,27-28H,2,9,11-21H2,1,3-8H3/t22-,23+,24-,25+/m0/s1. The Labute approximate surface area is 189 Å². The van der Waals surface area contributed by atoms with E-state index in [1.807, 2.05) is 6.92 Å². The van der Waals surface area contributed by atoms with Gasteiger partial charge in [-0.05, 0) is 31.5 Å². The fourth-order valence-electron chi connectivity index (χ4n) is 3.76. The van der Waals surface area contributed by atoms with E-state index in [-0.39, 0.29) is 17.1 Å². The Hall–Kier alpha value is -0.163. The van der Waals surface area contributed by atoms with Crippen LogP contribution in [-0.4, -0.2) is 36.8 Å². The first kappa shape index (κ1) is 29.8. The summed E-state index contributed by atoms with van der Waals surface area (Å²) in [6, 6.07) is 0. The Kier molecular flexibility index (Phi) is 15.5. The molecule has 0 rings (SSSR count). The average molecular weight is 443 g/mol. The van der Waals surface area contributed by atoms with Crippen molar-refractivity contribution in [3.63, 3.8) is 0 Å². The lowest BCUT2D eigenvalue weighted by atomic mass is 9.89. The minimum absolute atomic E-state index is 0.0960. The van der Waals surface area contributed by atoms with Crippen molar-refractivity contribution in [2.24, 2.45) is 5.92 Å².